The molecule has 0 spiro atoms. The SMILES string of the molecule is Cc1ccc(C)c(N2C(=O)c3cc4sccc4n3C[C@@]2(C)C(=O)NC2CCCCCC2)c1. The number of nitrogens with one attached hydrogen (secondary N) is 1. The van der Waals surface area contributed by atoms with Gasteiger partial charge in [0, 0.05) is 11.7 Å². The van der Waals surface area contributed by atoms with Crippen LogP contribution in [0.15, 0.2) is 35.7 Å². The fourth-order valence-electron chi connectivity index (χ4n) is 5.32. The molecule has 0 radical (unpaired) electrons. The van der Waals surface area contributed by atoms with Gasteiger partial charge in [0.25, 0.3) is 5.91 Å². The third-order valence-corrected chi connectivity index (χ3v) is 8.04. The zero-order valence-electron chi connectivity index (χ0n) is 19.1. The van der Waals surface area contributed by atoms with Crippen LogP contribution >= 0.6 is 11.3 Å². The smallest absolute Gasteiger partial charge is 0.275 e. The summed E-state index contributed by atoms with van der Waals surface area (Å²) >= 11 is 1.63. The van der Waals surface area contributed by atoms with Crippen LogP contribution in [0.3, 0.4) is 0 Å². The molecule has 0 saturated heterocycles. The predicted octanol–water partition coefficient (Wildman–Crippen LogP) is 5.58. The second-order valence-electron chi connectivity index (χ2n) is 9.65. The lowest BCUT2D eigenvalue weighted by molar-refractivity contribution is -0.127. The Bertz CT molecular complexity index is 1190. The van der Waals surface area contributed by atoms with Crippen molar-refractivity contribution in [2.24, 2.45) is 0 Å². The first-order chi connectivity index (χ1) is 15.4. The van der Waals surface area contributed by atoms with Crippen molar-refractivity contribution in [1.82, 2.24) is 9.88 Å². The Morgan fingerprint density at radius 3 is 2.59 bits per heavy atom. The molecule has 32 heavy (non-hydrogen) atoms. The molecule has 2 aromatic heterocycles. The second kappa shape index (κ2) is 8.07. The molecule has 2 aliphatic rings. The molecule has 5 rings (SSSR count). The lowest BCUT2D eigenvalue weighted by atomic mass is 9.91. The van der Waals surface area contributed by atoms with Gasteiger partial charge in [0.15, 0.2) is 0 Å². The van der Waals surface area contributed by atoms with Gasteiger partial charge < -0.3 is 9.88 Å². The van der Waals surface area contributed by atoms with Gasteiger partial charge in [0.2, 0.25) is 5.91 Å². The maximum Gasteiger partial charge on any atom is 0.275 e. The predicted molar refractivity (Wildman–Crippen MR) is 131 cm³/mol. The largest absolute Gasteiger partial charge is 0.351 e. The van der Waals surface area contributed by atoms with Crippen molar-refractivity contribution in [3.63, 3.8) is 0 Å². The van der Waals surface area contributed by atoms with Gasteiger partial charge in [0.05, 0.1) is 16.8 Å². The summed E-state index contributed by atoms with van der Waals surface area (Å²) in [6, 6.07) is 10.3. The molecule has 5 nitrogen and oxygen atoms in total. The lowest BCUT2D eigenvalue weighted by Gasteiger charge is -2.45. The van der Waals surface area contributed by atoms with Crippen LogP contribution in [0, 0.1) is 13.8 Å². The molecule has 3 aromatic rings. The van der Waals surface area contributed by atoms with Crippen LogP contribution in [-0.2, 0) is 11.3 Å². The molecule has 1 atom stereocenters. The van der Waals surface area contributed by atoms with E-state index >= 15 is 0 Å². The number of thiophene rings is 1. The highest BCUT2D eigenvalue weighted by molar-refractivity contribution is 7.17. The van der Waals surface area contributed by atoms with Crippen molar-refractivity contribution in [3.8, 4) is 0 Å². The average Bonchev–Trinajstić information content (AvgIpc) is 3.25. The van der Waals surface area contributed by atoms with Crippen LogP contribution in [0.5, 0.6) is 0 Å². The second-order valence-corrected chi connectivity index (χ2v) is 10.6. The number of fused-ring (bicyclic) bond motifs is 3. The zero-order valence-corrected chi connectivity index (χ0v) is 19.9. The van der Waals surface area contributed by atoms with Crippen LogP contribution in [0.25, 0.3) is 10.2 Å². The fraction of sp³-hybridized carbons (Fsp3) is 0.462. The number of amides is 2. The quantitative estimate of drug-likeness (QED) is 0.531. The van der Waals surface area contributed by atoms with Crippen LogP contribution in [0.2, 0.25) is 0 Å². The molecule has 1 N–H and O–H groups in total. The van der Waals surface area contributed by atoms with Crippen molar-refractivity contribution >= 4 is 39.1 Å². The minimum atomic E-state index is -1.01. The molecular weight excluding hydrogens is 418 g/mol. The minimum Gasteiger partial charge on any atom is -0.351 e. The van der Waals surface area contributed by atoms with E-state index in [2.05, 4.69) is 11.4 Å². The topological polar surface area (TPSA) is 54.3 Å². The third-order valence-electron chi connectivity index (χ3n) is 7.19. The Labute approximate surface area is 193 Å². The summed E-state index contributed by atoms with van der Waals surface area (Å²) in [6.07, 6.45) is 6.81. The van der Waals surface area contributed by atoms with Crippen LogP contribution in [0.4, 0.5) is 5.69 Å². The number of aromatic nitrogens is 1. The Morgan fingerprint density at radius 2 is 1.84 bits per heavy atom. The fourth-order valence-corrected chi connectivity index (χ4v) is 6.14. The molecule has 2 amide bonds. The summed E-state index contributed by atoms with van der Waals surface area (Å²) in [7, 11) is 0. The van der Waals surface area contributed by atoms with Crippen molar-refractivity contribution in [2.75, 3.05) is 4.90 Å². The first-order valence-electron chi connectivity index (χ1n) is 11.7. The van der Waals surface area contributed by atoms with Gasteiger partial charge in [-0.3, -0.25) is 14.5 Å². The van der Waals surface area contributed by atoms with Crippen LogP contribution in [0.1, 0.15) is 67.1 Å². The first-order valence-corrected chi connectivity index (χ1v) is 12.6. The van der Waals surface area contributed by atoms with E-state index in [1.54, 1.807) is 16.2 Å². The zero-order chi connectivity index (χ0) is 22.5. The molecule has 1 saturated carbocycles. The standard InChI is InChI=1S/C26H31N3O2S/c1-17-10-11-18(2)21(14-17)29-24(30)22-15-23-20(12-13-32-23)28(22)16-26(29,3)25(31)27-19-8-6-4-5-7-9-19/h10-15,19H,4-9,16H2,1-3H3,(H,27,31)/t26-/m0/s1. The Hall–Kier alpha value is -2.60. The normalized spacial score (nSPS) is 22.1. The van der Waals surface area contributed by atoms with Crippen molar-refractivity contribution < 1.29 is 9.59 Å². The summed E-state index contributed by atoms with van der Waals surface area (Å²) in [5, 5.41) is 5.39. The van der Waals surface area contributed by atoms with Gasteiger partial charge in [-0.15, -0.1) is 11.3 Å². The third kappa shape index (κ3) is 3.45. The minimum absolute atomic E-state index is 0.0543. The molecule has 1 fully saturated rings. The lowest BCUT2D eigenvalue weighted by Crippen LogP contribution is -2.65. The molecule has 1 aliphatic carbocycles. The van der Waals surface area contributed by atoms with E-state index in [4.69, 9.17) is 0 Å². The number of rotatable bonds is 3. The first kappa shape index (κ1) is 21.3. The molecule has 3 heterocycles. The highest BCUT2D eigenvalue weighted by Gasteiger charge is 2.49. The molecular formula is C26H31N3O2S. The number of aryl methyl sites for hydroxylation is 2. The number of hydrogen-bond acceptors (Lipinski definition) is 3. The van der Waals surface area contributed by atoms with E-state index in [1.165, 1.54) is 12.8 Å². The number of nitrogens with zero attached hydrogens (tertiary/aromatic N) is 2. The Balaban J connectivity index is 1.61. The summed E-state index contributed by atoms with van der Waals surface area (Å²) in [5.41, 5.74) is 3.58. The molecule has 168 valence electrons. The maximum atomic E-state index is 13.9. The van der Waals surface area contributed by atoms with Crippen LogP contribution in [-0.4, -0.2) is 28.0 Å². The van der Waals surface area contributed by atoms with Gasteiger partial charge in [-0.25, -0.2) is 0 Å². The monoisotopic (exact) mass is 449 g/mol. The van der Waals surface area contributed by atoms with Crippen molar-refractivity contribution in [1.29, 1.82) is 0 Å². The van der Waals surface area contributed by atoms with E-state index in [9.17, 15) is 9.59 Å². The van der Waals surface area contributed by atoms with Crippen molar-refractivity contribution in [2.45, 2.75) is 77.4 Å². The summed E-state index contributed by atoms with van der Waals surface area (Å²) in [5.74, 6) is -0.159. The van der Waals surface area contributed by atoms with E-state index in [1.807, 2.05) is 55.0 Å². The van der Waals surface area contributed by atoms with E-state index in [0.717, 1.165) is 52.7 Å². The number of benzene rings is 1. The number of carbonyl (C=O) groups is 2. The van der Waals surface area contributed by atoms with E-state index in [-0.39, 0.29) is 17.9 Å². The molecule has 1 aliphatic heterocycles. The van der Waals surface area contributed by atoms with E-state index in [0.29, 0.717) is 12.2 Å². The van der Waals surface area contributed by atoms with E-state index < -0.39 is 5.54 Å². The number of carbonyl (C=O) groups excluding carboxylic acids is 2. The summed E-state index contributed by atoms with van der Waals surface area (Å²) in [6.45, 7) is 6.41. The summed E-state index contributed by atoms with van der Waals surface area (Å²) in [4.78, 5) is 29.6. The molecule has 6 heteroatoms. The van der Waals surface area contributed by atoms with Gasteiger partial charge in [0.1, 0.15) is 11.2 Å². The molecule has 0 bridgehead atoms. The van der Waals surface area contributed by atoms with Crippen LogP contribution < -0.4 is 10.2 Å². The maximum absolute atomic E-state index is 13.9. The van der Waals surface area contributed by atoms with Gasteiger partial charge in [-0.2, -0.15) is 0 Å². The Kier molecular flexibility index (Phi) is 5.36. The average molecular weight is 450 g/mol. The van der Waals surface area contributed by atoms with Gasteiger partial charge in [-0.05, 0) is 68.3 Å². The van der Waals surface area contributed by atoms with Crippen molar-refractivity contribution in [3.05, 3.63) is 52.5 Å². The van der Waals surface area contributed by atoms with Gasteiger partial charge in [-0.1, -0.05) is 37.8 Å². The molecule has 0 unspecified atom stereocenters. The Morgan fingerprint density at radius 1 is 1.09 bits per heavy atom. The number of anilines is 1. The highest BCUT2D eigenvalue weighted by atomic mass is 32.1. The molecule has 1 aromatic carbocycles. The van der Waals surface area contributed by atoms with Gasteiger partial charge >= 0.3 is 0 Å². The highest BCUT2D eigenvalue weighted by Crippen LogP contribution is 2.38. The number of hydrogen-bond donors (Lipinski definition) is 1. The summed E-state index contributed by atoms with van der Waals surface area (Å²) < 4.78 is 3.13.